The molecular formula is C16H23IN4O2S2. The van der Waals surface area contributed by atoms with E-state index in [1.807, 2.05) is 13.8 Å². The molecule has 0 unspecified atom stereocenters. The molecule has 0 aliphatic carbocycles. The van der Waals surface area contributed by atoms with Crippen LogP contribution in [-0.4, -0.2) is 32.7 Å². The van der Waals surface area contributed by atoms with Crippen LogP contribution in [0.15, 0.2) is 34.2 Å². The van der Waals surface area contributed by atoms with E-state index in [0.29, 0.717) is 23.9 Å². The molecule has 6 nitrogen and oxygen atoms in total. The zero-order chi connectivity index (χ0) is 17.7. The fourth-order valence-corrected chi connectivity index (χ4v) is 3.67. The standard InChI is InChI=1S/C16H22N4O2S2.HI/c1-11-15(23-12(2)20-11)10-19-16(17-3)18-9-13-5-7-14(8-6-13)24(4,21)22;/h5-8H,9-10H2,1-4H3,(H2,17,18,19);1H. The van der Waals surface area contributed by atoms with Gasteiger partial charge >= 0.3 is 0 Å². The van der Waals surface area contributed by atoms with Crippen molar-refractivity contribution in [3.8, 4) is 0 Å². The number of halogens is 1. The van der Waals surface area contributed by atoms with Crippen molar-refractivity contribution in [2.45, 2.75) is 31.8 Å². The maximum Gasteiger partial charge on any atom is 0.191 e. The number of thiazole rings is 1. The number of aromatic nitrogens is 1. The van der Waals surface area contributed by atoms with Gasteiger partial charge in [0.05, 0.1) is 22.1 Å². The van der Waals surface area contributed by atoms with Gasteiger partial charge in [0.25, 0.3) is 0 Å². The molecule has 0 bridgehead atoms. The zero-order valence-corrected chi connectivity index (χ0v) is 18.6. The molecule has 0 spiro atoms. The summed E-state index contributed by atoms with van der Waals surface area (Å²) < 4.78 is 22.9. The first-order chi connectivity index (χ1) is 11.3. The molecule has 2 aromatic rings. The Morgan fingerprint density at radius 1 is 1.16 bits per heavy atom. The van der Waals surface area contributed by atoms with Gasteiger partial charge in [0.15, 0.2) is 15.8 Å². The van der Waals surface area contributed by atoms with Gasteiger partial charge in [-0.05, 0) is 31.5 Å². The van der Waals surface area contributed by atoms with Crippen LogP contribution in [0.2, 0.25) is 0 Å². The van der Waals surface area contributed by atoms with Crippen molar-refractivity contribution in [2.75, 3.05) is 13.3 Å². The van der Waals surface area contributed by atoms with Crippen LogP contribution < -0.4 is 10.6 Å². The highest BCUT2D eigenvalue weighted by atomic mass is 127. The lowest BCUT2D eigenvalue weighted by Crippen LogP contribution is -2.36. The van der Waals surface area contributed by atoms with Gasteiger partial charge in [-0.2, -0.15) is 0 Å². The lowest BCUT2D eigenvalue weighted by Gasteiger charge is -2.11. The van der Waals surface area contributed by atoms with Crippen molar-refractivity contribution in [3.05, 3.63) is 45.4 Å². The van der Waals surface area contributed by atoms with E-state index in [1.54, 1.807) is 42.6 Å². The fraction of sp³-hybridized carbons (Fsp3) is 0.375. The molecule has 0 aliphatic heterocycles. The van der Waals surface area contributed by atoms with E-state index < -0.39 is 9.84 Å². The summed E-state index contributed by atoms with van der Waals surface area (Å²) in [5.41, 5.74) is 2.02. The number of aryl methyl sites for hydroxylation is 2. The Morgan fingerprint density at radius 3 is 2.24 bits per heavy atom. The Bertz CT molecular complexity index is 830. The second kappa shape index (κ2) is 9.48. The number of hydrogen-bond acceptors (Lipinski definition) is 5. The molecule has 1 aromatic heterocycles. The third-order valence-corrected chi connectivity index (χ3v) is 5.65. The second-order valence-corrected chi connectivity index (χ2v) is 8.74. The minimum atomic E-state index is -3.16. The average Bonchev–Trinajstić information content (AvgIpc) is 2.85. The summed E-state index contributed by atoms with van der Waals surface area (Å²) >= 11 is 1.67. The SMILES string of the molecule is CN=C(NCc1ccc(S(C)(=O)=O)cc1)NCc1sc(C)nc1C.I. The van der Waals surface area contributed by atoms with Crippen molar-refractivity contribution < 1.29 is 8.42 Å². The highest BCUT2D eigenvalue weighted by molar-refractivity contribution is 14.0. The number of benzene rings is 1. The first-order valence-electron chi connectivity index (χ1n) is 7.46. The van der Waals surface area contributed by atoms with E-state index in [2.05, 4.69) is 20.6 Å². The molecule has 0 saturated carbocycles. The number of nitrogens with one attached hydrogen (secondary N) is 2. The minimum absolute atomic E-state index is 0. The Balaban J connectivity index is 0.00000312. The molecular weight excluding hydrogens is 471 g/mol. The Hall–Kier alpha value is -1.20. The van der Waals surface area contributed by atoms with Gasteiger partial charge < -0.3 is 10.6 Å². The molecule has 25 heavy (non-hydrogen) atoms. The number of nitrogens with zero attached hydrogens (tertiary/aromatic N) is 2. The van der Waals surface area contributed by atoms with Gasteiger partial charge in [0.2, 0.25) is 0 Å². The maximum absolute atomic E-state index is 11.5. The summed E-state index contributed by atoms with van der Waals surface area (Å²) in [5, 5.41) is 7.53. The molecule has 2 N–H and O–H groups in total. The number of hydrogen-bond donors (Lipinski definition) is 2. The van der Waals surface area contributed by atoms with E-state index in [-0.39, 0.29) is 24.0 Å². The number of rotatable bonds is 5. The Labute approximate surface area is 170 Å². The number of sulfone groups is 1. The van der Waals surface area contributed by atoms with Crippen LogP contribution in [0, 0.1) is 13.8 Å². The summed E-state index contributed by atoms with van der Waals surface area (Å²) in [6.07, 6.45) is 1.20. The molecule has 2 rings (SSSR count). The predicted octanol–water partition coefficient (Wildman–Crippen LogP) is 2.65. The van der Waals surface area contributed by atoms with Crippen molar-refractivity contribution in [3.63, 3.8) is 0 Å². The van der Waals surface area contributed by atoms with E-state index in [0.717, 1.165) is 16.3 Å². The molecule has 0 fully saturated rings. The monoisotopic (exact) mass is 494 g/mol. The van der Waals surface area contributed by atoms with Crippen molar-refractivity contribution >= 4 is 51.1 Å². The van der Waals surface area contributed by atoms with Crippen LogP contribution in [0.1, 0.15) is 21.1 Å². The summed E-state index contributed by atoms with van der Waals surface area (Å²) in [6, 6.07) is 6.83. The molecule has 0 amide bonds. The van der Waals surface area contributed by atoms with Crippen LogP contribution in [-0.2, 0) is 22.9 Å². The predicted molar refractivity (Wildman–Crippen MR) is 114 cm³/mol. The molecule has 1 aromatic carbocycles. The van der Waals surface area contributed by atoms with Gasteiger partial charge in [-0.3, -0.25) is 4.99 Å². The fourth-order valence-electron chi connectivity index (χ4n) is 2.16. The average molecular weight is 494 g/mol. The first kappa shape index (κ1) is 21.8. The van der Waals surface area contributed by atoms with Crippen LogP contribution in [0.4, 0.5) is 0 Å². The van der Waals surface area contributed by atoms with Gasteiger partial charge in [0, 0.05) is 24.7 Å². The Kier molecular flexibility index (Phi) is 8.29. The van der Waals surface area contributed by atoms with Gasteiger partial charge in [0.1, 0.15) is 0 Å². The van der Waals surface area contributed by atoms with Crippen molar-refractivity contribution in [1.29, 1.82) is 0 Å². The van der Waals surface area contributed by atoms with E-state index >= 15 is 0 Å². The number of aliphatic imine (C=N–C) groups is 1. The van der Waals surface area contributed by atoms with Gasteiger partial charge in [-0.1, -0.05) is 12.1 Å². The molecule has 0 aliphatic rings. The summed E-state index contributed by atoms with van der Waals surface area (Å²) in [4.78, 5) is 10.1. The van der Waals surface area contributed by atoms with Crippen molar-refractivity contribution in [1.82, 2.24) is 15.6 Å². The van der Waals surface area contributed by atoms with Crippen molar-refractivity contribution in [2.24, 2.45) is 4.99 Å². The van der Waals surface area contributed by atoms with Crippen LogP contribution >= 0.6 is 35.3 Å². The van der Waals surface area contributed by atoms with Gasteiger partial charge in [-0.15, -0.1) is 35.3 Å². The lowest BCUT2D eigenvalue weighted by molar-refractivity contribution is 0.602. The number of guanidine groups is 1. The smallest absolute Gasteiger partial charge is 0.191 e. The maximum atomic E-state index is 11.5. The molecule has 138 valence electrons. The normalized spacial score (nSPS) is 11.8. The first-order valence-corrected chi connectivity index (χ1v) is 10.2. The lowest BCUT2D eigenvalue weighted by atomic mass is 10.2. The van der Waals surface area contributed by atoms with Gasteiger partial charge in [-0.25, -0.2) is 13.4 Å². The quantitative estimate of drug-likeness (QED) is 0.380. The molecule has 9 heteroatoms. The summed E-state index contributed by atoms with van der Waals surface area (Å²) in [5.74, 6) is 0.688. The minimum Gasteiger partial charge on any atom is -0.352 e. The van der Waals surface area contributed by atoms with Crippen LogP contribution in [0.3, 0.4) is 0 Å². The van der Waals surface area contributed by atoms with Crippen LogP contribution in [0.5, 0.6) is 0 Å². The second-order valence-electron chi connectivity index (χ2n) is 5.44. The summed E-state index contributed by atoms with van der Waals surface area (Å²) in [7, 11) is -1.44. The zero-order valence-electron chi connectivity index (χ0n) is 14.7. The van der Waals surface area contributed by atoms with Crippen LogP contribution in [0.25, 0.3) is 0 Å². The van der Waals surface area contributed by atoms with E-state index in [4.69, 9.17) is 0 Å². The third kappa shape index (κ3) is 6.55. The van der Waals surface area contributed by atoms with E-state index in [9.17, 15) is 8.42 Å². The third-order valence-electron chi connectivity index (χ3n) is 3.45. The molecule has 0 saturated heterocycles. The largest absolute Gasteiger partial charge is 0.352 e. The Morgan fingerprint density at radius 2 is 1.76 bits per heavy atom. The molecule has 1 heterocycles. The topological polar surface area (TPSA) is 83.5 Å². The molecule has 0 atom stereocenters. The summed E-state index contributed by atoms with van der Waals surface area (Å²) in [6.45, 7) is 5.23. The highest BCUT2D eigenvalue weighted by Crippen LogP contribution is 2.16. The highest BCUT2D eigenvalue weighted by Gasteiger charge is 2.07. The molecule has 0 radical (unpaired) electrons. The van der Waals surface area contributed by atoms with E-state index in [1.165, 1.54) is 11.1 Å².